The molecule has 182 valence electrons. The minimum atomic E-state index is -0.620. The summed E-state index contributed by atoms with van der Waals surface area (Å²) in [6.45, 7) is 3.57. The molecule has 4 rings (SSSR count). The molecule has 9 heteroatoms. The zero-order chi connectivity index (χ0) is 25.1. The number of carbonyl (C=O) groups is 1. The Hall–Kier alpha value is -3.30. The van der Waals surface area contributed by atoms with Gasteiger partial charge in [0.1, 0.15) is 17.1 Å². The topological polar surface area (TPSA) is 79.5 Å². The van der Waals surface area contributed by atoms with E-state index >= 15 is 0 Å². The summed E-state index contributed by atoms with van der Waals surface area (Å²) in [5.41, 5.74) is 1.63. The predicted molar refractivity (Wildman–Crippen MR) is 141 cm³/mol. The van der Waals surface area contributed by atoms with E-state index in [4.69, 9.17) is 9.47 Å². The number of methoxy groups -OCH3 is 1. The van der Waals surface area contributed by atoms with Gasteiger partial charge in [0, 0.05) is 9.77 Å². The van der Waals surface area contributed by atoms with Crippen LogP contribution in [0.25, 0.3) is 20.7 Å². The third kappa shape index (κ3) is 4.78. The molecule has 0 aliphatic carbocycles. The molecule has 0 amide bonds. The van der Waals surface area contributed by atoms with Crippen molar-refractivity contribution in [3.63, 3.8) is 0 Å². The zero-order valence-electron chi connectivity index (χ0n) is 20.0. The maximum atomic E-state index is 13.6. The van der Waals surface area contributed by atoms with Crippen molar-refractivity contribution in [1.82, 2.24) is 9.13 Å². The van der Waals surface area contributed by atoms with Crippen molar-refractivity contribution in [3.05, 3.63) is 80.5 Å². The Morgan fingerprint density at radius 2 is 1.77 bits per heavy atom. The van der Waals surface area contributed by atoms with E-state index in [1.165, 1.54) is 11.3 Å². The lowest BCUT2D eigenvalue weighted by molar-refractivity contribution is -0.143. The number of thiophene rings is 1. The number of esters is 1. The molecule has 2 heterocycles. The van der Waals surface area contributed by atoms with Crippen molar-refractivity contribution in [3.8, 4) is 16.2 Å². The van der Waals surface area contributed by atoms with Crippen molar-refractivity contribution in [1.29, 1.82) is 0 Å². The van der Waals surface area contributed by atoms with Gasteiger partial charge in [-0.25, -0.2) is 9.36 Å². The normalized spacial score (nSPS) is 11.1. The van der Waals surface area contributed by atoms with E-state index in [1.807, 2.05) is 61.7 Å². The largest absolute Gasteiger partial charge is 0.497 e. The lowest BCUT2D eigenvalue weighted by Crippen LogP contribution is -2.42. The molecule has 0 N–H and O–H groups in total. The van der Waals surface area contributed by atoms with Crippen LogP contribution < -0.4 is 16.0 Å². The van der Waals surface area contributed by atoms with Gasteiger partial charge in [-0.1, -0.05) is 18.2 Å². The van der Waals surface area contributed by atoms with Crippen LogP contribution in [0.15, 0.2) is 63.0 Å². The Morgan fingerprint density at radius 3 is 2.43 bits per heavy atom. The van der Waals surface area contributed by atoms with Crippen LogP contribution in [0, 0.1) is 6.92 Å². The number of aromatic nitrogens is 2. The summed E-state index contributed by atoms with van der Waals surface area (Å²) in [5, 5.41) is 0.436. The summed E-state index contributed by atoms with van der Waals surface area (Å²) in [5.74, 6) is 0.111. The van der Waals surface area contributed by atoms with E-state index in [-0.39, 0.29) is 13.2 Å². The van der Waals surface area contributed by atoms with Crippen LogP contribution >= 0.6 is 23.1 Å². The minimum absolute atomic E-state index is 0.171. The molecule has 0 fully saturated rings. The van der Waals surface area contributed by atoms with Gasteiger partial charge >= 0.3 is 11.7 Å². The molecule has 35 heavy (non-hydrogen) atoms. The average Bonchev–Trinajstić information content (AvgIpc) is 3.21. The maximum absolute atomic E-state index is 13.6. The third-order valence-corrected chi connectivity index (χ3v) is 7.96. The molecule has 0 spiro atoms. The molecule has 0 saturated heterocycles. The molecular formula is C26H26N2O5S2. The number of fused-ring (bicyclic) bond motifs is 1. The number of rotatable bonds is 8. The van der Waals surface area contributed by atoms with E-state index < -0.39 is 23.8 Å². The summed E-state index contributed by atoms with van der Waals surface area (Å²) >= 11 is 2.99. The Labute approximate surface area is 210 Å². The van der Waals surface area contributed by atoms with E-state index in [0.29, 0.717) is 10.2 Å². The summed E-state index contributed by atoms with van der Waals surface area (Å²) in [7, 11) is 1.61. The molecule has 0 aliphatic heterocycles. The van der Waals surface area contributed by atoms with Gasteiger partial charge in [0.25, 0.3) is 5.56 Å². The fourth-order valence-corrected chi connectivity index (χ4v) is 5.94. The van der Waals surface area contributed by atoms with Crippen molar-refractivity contribution >= 4 is 39.3 Å². The van der Waals surface area contributed by atoms with Gasteiger partial charge in [0.15, 0.2) is 0 Å². The second-order valence-electron chi connectivity index (χ2n) is 7.84. The van der Waals surface area contributed by atoms with Crippen LogP contribution in [-0.2, 0) is 22.6 Å². The highest BCUT2D eigenvalue weighted by Gasteiger charge is 2.22. The first-order valence-corrected chi connectivity index (χ1v) is 13.1. The highest BCUT2D eigenvalue weighted by atomic mass is 32.2. The highest BCUT2D eigenvalue weighted by molar-refractivity contribution is 7.98. The van der Waals surface area contributed by atoms with E-state index in [2.05, 4.69) is 0 Å². The van der Waals surface area contributed by atoms with Crippen LogP contribution in [0.4, 0.5) is 0 Å². The molecule has 7 nitrogen and oxygen atoms in total. The molecular weight excluding hydrogens is 484 g/mol. The van der Waals surface area contributed by atoms with Gasteiger partial charge in [-0.05, 0) is 67.1 Å². The number of nitrogens with zero attached hydrogens (tertiary/aromatic N) is 2. The smallest absolute Gasteiger partial charge is 0.332 e. The Kier molecular flexibility index (Phi) is 7.47. The van der Waals surface area contributed by atoms with Crippen molar-refractivity contribution in [2.75, 3.05) is 20.0 Å². The lowest BCUT2D eigenvalue weighted by atomic mass is 10.1. The molecule has 0 aliphatic rings. The van der Waals surface area contributed by atoms with Crippen LogP contribution in [0.1, 0.15) is 18.1 Å². The number of thioether (sulfide) groups is 1. The van der Waals surface area contributed by atoms with Crippen molar-refractivity contribution < 1.29 is 14.3 Å². The Balaban J connectivity index is 1.98. The Bertz CT molecular complexity index is 1500. The molecule has 0 bridgehead atoms. The van der Waals surface area contributed by atoms with Gasteiger partial charge in [0.2, 0.25) is 0 Å². The van der Waals surface area contributed by atoms with E-state index in [9.17, 15) is 14.4 Å². The van der Waals surface area contributed by atoms with E-state index in [0.717, 1.165) is 36.8 Å². The molecule has 0 saturated carbocycles. The van der Waals surface area contributed by atoms with Crippen LogP contribution in [0.2, 0.25) is 0 Å². The fraction of sp³-hybridized carbons (Fsp3) is 0.269. The zero-order valence-corrected chi connectivity index (χ0v) is 21.6. The number of benzene rings is 2. The molecule has 4 aromatic rings. The second-order valence-corrected chi connectivity index (χ2v) is 9.69. The quantitative estimate of drug-likeness (QED) is 0.256. The molecule has 0 atom stereocenters. The Morgan fingerprint density at radius 1 is 1.06 bits per heavy atom. The number of ether oxygens (including phenoxy) is 2. The van der Waals surface area contributed by atoms with Gasteiger partial charge in [-0.2, -0.15) is 0 Å². The van der Waals surface area contributed by atoms with Crippen LogP contribution in [0.3, 0.4) is 0 Å². The predicted octanol–water partition coefficient (Wildman–Crippen LogP) is 4.54. The average molecular weight is 511 g/mol. The van der Waals surface area contributed by atoms with Gasteiger partial charge in [0.05, 0.1) is 25.6 Å². The van der Waals surface area contributed by atoms with Crippen LogP contribution in [0.5, 0.6) is 5.75 Å². The number of hydrogen-bond acceptors (Lipinski definition) is 7. The van der Waals surface area contributed by atoms with Crippen molar-refractivity contribution in [2.45, 2.75) is 31.8 Å². The first kappa shape index (κ1) is 24.8. The molecule has 2 aromatic heterocycles. The maximum Gasteiger partial charge on any atom is 0.332 e. The lowest BCUT2D eigenvalue weighted by Gasteiger charge is -2.13. The molecule has 0 radical (unpaired) electrons. The van der Waals surface area contributed by atoms with Gasteiger partial charge < -0.3 is 9.47 Å². The summed E-state index contributed by atoms with van der Waals surface area (Å²) in [6.07, 6.45) is 1.98. The minimum Gasteiger partial charge on any atom is -0.497 e. The molecule has 0 unspecified atom stereocenters. The number of aryl methyl sites for hydroxylation is 1. The van der Waals surface area contributed by atoms with Crippen molar-refractivity contribution in [2.24, 2.45) is 0 Å². The number of hydrogen-bond donors (Lipinski definition) is 0. The monoisotopic (exact) mass is 510 g/mol. The summed E-state index contributed by atoms with van der Waals surface area (Å²) < 4.78 is 12.9. The standard InChI is InChI=1S/C26H26N2O5S2/c1-5-33-21(29)15-27-24(30)22-16(2)23(17-10-12-19(32-3)13-11-17)35-25(22)28(26(27)31)14-18-8-6-7-9-20(18)34-4/h6-13H,5,14-15H2,1-4H3. The number of carbonyl (C=O) groups excluding carboxylic acids is 1. The first-order valence-electron chi connectivity index (χ1n) is 11.1. The first-order chi connectivity index (χ1) is 16.9. The van der Waals surface area contributed by atoms with Gasteiger partial charge in [-0.3, -0.25) is 14.2 Å². The highest BCUT2D eigenvalue weighted by Crippen LogP contribution is 2.37. The fourth-order valence-electron chi connectivity index (χ4n) is 4.03. The van der Waals surface area contributed by atoms with Gasteiger partial charge in [-0.15, -0.1) is 23.1 Å². The van der Waals surface area contributed by atoms with Crippen LogP contribution in [-0.4, -0.2) is 35.1 Å². The summed E-state index contributed by atoms with van der Waals surface area (Å²) in [4.78, 5) is 41.9. The second kappa shape index (κ2) is 10.5. The molecule has 2 aromatic carbocycles. The SMILES string of the molecule is CCOC(=O)Cn1c(=O)c2c(C)c(-c3ccc(OC)cc3)sc2n(Cc2ccccc2SC)c1=O. The van der Waals surface area contributed by atoms with E-state index in [1.54, 1.807) is 30.4 Å². The summed E-state index contributed by atoms with van der Waals surface area (Å²) in [6, 6.07) is 15.4. The third-order valence-electron chi connectivity index (χ3n) is 5.76.